The highest BCUT2D eigenvalue weighted by atomic mass is 32.2. The third-order valence-electron chi connectivity index (χ3n) is 2.68. The molecule has 2 aromatic heterocycles. The third-order valence-corrected chi connectivity index (χ3v) is 3.64. The number of nitrogens with zero attached hydrogens (tertiary/aromatic N) is 2. The van der Waals surface area contributed by atoms with Crippen LogP contribution in [0.2, 0.25) is 0 Å². The molecule has 0 radical (unpaired) electrons. The van der Waals surface area contributed by atoms with E-state index in [1.54, 1.807) is 11.9 Å². The van der Waals surface area contributed by atoms with Gasteiger partial charge in [-0.2, -0.15) is 0 Å². The van der Waals surface area contributed by atoms with E-state index in [0.717, 1.165) is 5.65 Å². The summed E-state index contributed by atoms with van der Waals surface area (Å²) in [7, 11) is 0. The molecule has 2 nitrogen and oxygen atoms in total. The molecule has 1 aromatic carbocycles. The number of hydrogen-bond acceptors (Lipinski definition) is 2. The van der Waals surface area contributed by atoms with E-state index in [4.69, 9.17) is 0 Å². The van der Waals surface area contributed by atoms with E-state index in [-0.39, 0.29) is 0 Å². The summed E-state index contributed by atoms with van der Waals surface area (Å²) in [6.07, 6.45) is 3.97. The van der Waals surface area contributed by atoms with Crippen LogP contribution < -0.4 is 0 Å². The number of rotatable bonds is 2. The number of pyridine rings is 1. The van der Waals surface area contributed by atoms with E-state index in [2.05, 4.69) is 40.3 Å². The highest BCUT2D eigenvalue weighted by Gasteiger charge is 2.06. The zero-order chi connectivity index (χ0) is 13.7. The van der Waals surface area contributed by atoms with Crippen molar-refractivity contribution in [1.82, 2.24) is 8.96 Å². The molecule has 0 saturated carbocycles. The van der Waals surface area contributed by atoms with Crippen LogP contribution in [0.15, 0.2) is 59.8 Å². The summed E-state index contributed by atoms with van der Waals surface area (Å²) in [6.45, 7) is 6.12. The fourth-order valence-corrected chi connectivity index (χ4v) is 2.80. The molecular weight excluding hydrogens is 252 g/mol. The van der Waals surface area contributed by atoms with E-state index < -0.39 is 0 Å². The number of aryl methyl sites for hydroxylation is 1. The van der Waals surface area contributed by atoms with Gasteiger partial charge in [-0.25, -0.2) is 4.98 Å². The van der Waals surface area contributed by atoms with Gasteiger partial charge < -0.3 is 0 Å². The smallest absolute Gasteiger partial charge is 0.150 e. The van der Waals surface area contributed by atoms with Gasteiger partial charge in [-0.1, -0.05) is 32.0 Å². The van der Waals surface area contributed by atoms with Crippen molar-refractivity contribution in [1.29, 1.82) is 0 Å². The SMILES string of the molecule is CC.Cc1cn(Sc2ccccc2)c2ncccc12. The summed E-state index contributed by atoms with van der Waals surface area (Å²) < 4.78 is 2.12. The first kappa shape index (κ1) is 13.7. The molecule has 0 atom stereocenters. The molecule has 0 fully saturated rings. The lowest BCUT2D eigenvalue weighted by molar-refractivity contribution is 1.24. The molecule has 3 rings (SSSR count). The normalized spacial score (nSPS) is 10.1. The van der Waals surface area contributed by atoms with E-state index in [0.29, 0.717) is 0 Å². The zero-order valence-electron chi connectivity index (χ0n) is 11.5. The number of aromatic nitrogens is 2. The van der Waals surface area contributed by atoms with Gasteiger partial charge in [-0.15, -0.1) is 0 Å². The largest absolute Gasteiger partial charge is 0.270 e. The fraction of sp³-hybridized carbons (Fsp3) is 0.188. The molecule has 0 bridgehead atoms. The van der Waals surface area contributed by atoms with Crippen molar-refractivity contribution in [2.24, 2.45) is 0 Å². The zero-order valence-corrected chi connectivity index (χ0v) is 12.3. The van der Waals surface area contributed by atoms with Gasteiger partial charge >= 0.3 is 0 Å². The fourth-order valence-electron chi connectivity index (χ4n) is 1.85. The molecule has 2 heterocycles. The van der Waals surface area contributed by atoms with Crippen LogP contribution >= 0.6 is 11.9 Å². The number of hydrogen-bond donors (Lipinski definition) is 0. The van der Waals surface area contributed by atoms with Crippen LogP contribution in [0.4, 0.5) is 0 Å². The summed E-state index contributed by atoms with van der Waals surface area (Å²) in [5.41, 5.74) is 2.29. The van der Waals surface area contributed by atoms with Crippen molar-refractivity contribution in [3.05, 3.63) is 60.4 Å². The van der Waals surface area contributed by atoms with Crippen LogP contribution in [-0.4, -0.2) is 8.96 Å². The van der Waals surface area contributed by atoms with Gasteiger partial charge in [-0.05, 0) is 48.7 Å². The van der Waals surface area contributed by atoms with E-state index in [1.807, 2.05) is 44.3 Å². The first-order valence-corrected chi connectivity index (χ1v) is 7.28. The second-order valence-corrected chi connectivity index (χ2v) is 4.96. The summed E-state index contributed by atoms with van der Waals surface area (Å²) >= 11 is 1.69. The second kappa shape index (κ2) is 6.43. The Labute approximate surface area is 118 Å². The minimum atomic E-state index is 1.03. The summed E-state index contributed by atoms with van der Waals surface area (Å²) in [6, 6.07) is 14.4. The minimum absolute atomic E-state index is 1.03. The monoisotopic (exact) mass is 270 g/mol. The molecular formula is C16H18N2S. The van der Waals surface area contributed by atoms with Gasteiger partial charge in [0, 0.05) is 22.7 Å². The molecule has 3 aromatic rings. The van der Waals surface area contributed by atoms with Crippen molar-refractivity contribution < 1.29 is 0 Å². The summed E-state index contributed by atoms with van der Waals surface area (Å²) in [4.78, 5) is 5.66. The lowest BCUT2D eigenvalue weighted by Crippen LogP contribution is -1.86. The Morgan fingerprint density at radius 2 is 1.74 bits per heavy atom. The first-order chi connectivity index (χ1) is 9.34. The van der Waals surface area contributed by atoms with Crippen molar-refractivity contribution in [3.63, 3.8) is 0 Å². The van der Waals surface area contributed by atoms with E-state index in [9.17, 15) is 0 Å². The highest BCUT2D eigenvalue weighted by molar-refractivity contribution is 7.98. The lowest BCUT2D eigenvalue weighted by Gasteiger charge is -2.02. The molecule has 0 aliphatic carbocycles. The van der Waals surface area contributed by atoms with Crippen molar-refractivity contribution in [2.45, 2.75) is 25.7 Å². The molecule has 0 N–H and O–H groups in total. The van der Waals surface area contributed by atoms with Crippen LogP contribution in [0.5, 0.6) is 0 Å². The highest BCUT2D eigenvalue weighted by Crippen LogP contribution is 2.27. The van der Waals surface area contributed by atoms with Gasteiger partial charge in [0.1, 0.15) is 5.65 Å². The van der Waals surface area contributed by atoms with Crippen molar-refractivity contribution in [2.75, 3.05) is 0 Å². The Bertz CT molecular complexity index is 644. The standard InChI is InChI=1S/C14H12N2S.C2H6/c1-11-10-16(14-13(11)8-5-9-15-14)17-12-6-3-2-4-7-12;1-2/h2-10H,1H3;1-2H3. The molecule has 0 amide bonds. The van der Waals surface area contributed by atoms with E-state index >= 15 is 0 Å². The molecule has 0 unspecified atom stereocenters. The Hall–Kier alpha value is -1.74. The van der Waals surface area contributed by atoms with E-state index in [1.165, 1.54) is 15.8 Å². The van der Waals surface area contributed by atoms with Gasteiger partial charge in [0.15, 0.2) is 0 Å². The number of benzene rings is 1. The van der Waals surface area contributed by atoms with Gasteiger partial charge in [0.25, 0.3) is 0 Å². The second-order valence-electron chi connectivity index (χ2n) is 3.92. The number of fused-ring (bicyclic) bond motifs is 1. The molecule has 0 aliphatic rings. The van der Waals surface area contributed by atoms with Gasteiger partial charge in [0.2, 0.25) is 0 Å². The van der Waals surface area contributed by atoms with Crippen molar-refractivity contribution in [3.8, 4) is 0 Å². The molecule has 3 heteroatoms. The lowest BCUT2D eigenvalue weighted by atomic mass is 10.2. The summed E-state index contributed by atoms with van der Waals surface area (Å²) in [5, 5.41) is 1.22. The third kappa shape index (κ3) is 2.99. The van der Waals surface area contributed by atoms with Crippen LogP contribution in [0.3, 0.4) is 0 Å². The Kier molecular flexibility index (Phi) is 4.63. The predicted molar refractivity (Wildman–Crippen MR) is 83.5 cm³/mol. The molecule has 0 saturated heterocycles. The molecule has 0 aliphatic heterocycles. The minimum Gasteiger partial charge on any atom is -0.270 e. The average Bonchev–Trinajstić information content (AvgIpc) is 2.79. The Morgan fingerprint density at radius 3 is 2.47 bits per heavy atom. The molecule has 98 valence electrons. The summed E-state index contributed by atoms with van der Waals surface area (Å²) in [5.74, 6) is 0. The Balaban J connectivity index is 0.000000637. The molecule has 19 heavy (non-hydrogen) atoms. The quantitative estimate of drug-likeness (QED) is 0.657. The maximum Gasteiger partial charge on any atom is 0.150 e. The van der Waals surface area contributed by atoms with Crippen LogP contribution in [0.1, 0.15) is 19.4 Å². The predicted octanol–water partition coefficient (Wildman–Crippen LogP) is 4.93. The van der Waals surface area contributed by atoms with Crippen LogP contribution in [-0.2, 0) is 0 Å². The topological polar surface area (TPSA) is 17.8 Å². The van der Waals surface area contributed by atoms with Gasteiger partial charge in [-0.3, -0.25) is 3.97 Å². The van der Waals surface area contributed by atoms with Crippen LogP contribution in [0.25, 0.3) is 11.0 Å². The van der Waals surface area contributed by atoms with Crippen molar-refractivity contribution >= 4 is 23.0 Å². The van der Waals surface area contributed by atoms with Crippen LogP contribution in [0, 0.1) is 6.92 Å². The average molecular weight is 270 g/mol. The maximum absolute atomic E-state index is 4.44. The molecule has 0 spiro atoms. The van der Waals surface area contributed by atoms with Gasteiger partial charge in [0.05, 0.1) is 0 Å². The Morgan fingerprint density at radius 1 is 1.00 bits per heavy atom. The maximum atomic E-state index is 4.44. The first-order valence-electron chi connectivity index (χ1n) is 6.51.